The van der Waals surface area contributed by atoms with Crippen LogP contribution in [0.1, 0.15) is 25.3 Å². The Kier molecular flexibility index (Phi) is 4.77. The second-order valence-electron chi connectivity index (χ2n) is 4.70. The first-order valence-electron chi connectivity index (χ1n) is 6.38. The molecular weight excluding hydrogens is 210 g/mol. The molecule has 17 heavy (non-hydrogen) atoms. The first-order valence-corrected chi connectivity index (χ1v) is 6.38. The summed E-state index contributed by atoms with van der Waals surface area (Å²) in [6.45, 7) is 4.90. The van der Waals surface area contributed by atoms with Gasteiger partial charge in [0, 0.05) is 19.2 Å². The van der Waals surface area contributed by atoms with Crippen LogP contribution in [0.3, 0.4) is 0 Å². The van der Waals surface area contributed by atoms with Crippen LogP contribution in [0.5, 0.6) is 0 Å². The van der Waals surface area contributed by atoms with E-state index in [9.17, 15) is 0 Å². The molecule has 1 aromatic carbocycles. The van der Waals surface area contributed by atoms with E-state index in [2.05, 4.69) is 42.6 Å². The van der Waals surface area contributed by atoms with Crippen molar-refractivity contribution in [3.63, 3.8) is 0 Å². The molecule has 0 amide bonds. The average Bonchev–Trinajstić information content (AvgIpc) is 2.39. The highest BCUT2D eigenvalue weighted by atomic mass is 16.5. The zero-order chi connectivity index (χ0) is 11.9. The van der Waals surface area contributed by atoms with Crippen molar-refractivity contribution >= 4 is 6.08 Å². The molecule has 2 rings (SSSR count). The third-order valence-electron chi connectivity index (χ3n) is 3.04. The second kappa shape index (κ2) is 6.58. The summed E-state index contributed by atoms with van der Waals surface area (Å²) in [5.74, 6) is 0. The van der Waals surface area contributed by atoms with Crippen LogP contribution < -0.4 is 5.32 Å². The first kappa shape index (κ1) is 12.3. The monoisotopic (exact) mass is 231 g/mol. The van der Waals surface area contributed by atoms with Crippen LogP contribution in [0, 0.1) is 0 Å². The van der Waals surface area contributed by atoms with Gasteiger partial charge in [0.1, 0.15) is 0 Å². The maximum atomic E-state index is 5.45. The number of ether oxygens (including phenoxy) is 1. The van der Waals surface area contributed by atoms with Crippen molar-refractivity contribution in [3.8, 4) is 0 Å². The van der Waals surface area contributed by atoms with E-state index in [1.165, 1.54) is 24.0 Å². The topological polar surface area (TPSA) is 21.3 Å². The zero-order valence-electron chi connectivity index (χ0n) is 10.5. The summed E-state index contributed by atoms with van der Waals surface area (Å²) in [7, 11) is 0. The Labute approximate surface area is 104 Å². The van der Waals surface area contributed by atoms with Crippen LogP contribution in [0.2, 0.25) is 0 Å². The molecule has 1 unspecified atom stereocenters. The lowest BCUT2D eigenvalue weighted by molar-refractivity contribution is 0.0715. The summed E-state index contributed by atoms with van der Waals surface area (Å²) >= 11 is 0. The highest BCUT2D eigenvalue weighted by Gasteiger charge is 2.12. The van der Waals surface area contributed by atoms with Crippen molar-refractivity contribution in [2.24, 2.45) is 0 Å². The number of hydrogen-bond donors (Lipinski definition) is 1. The molecule has 92 valence electrons. The van der Waals surface area contributed by atoms with E-state index in [0.717, 1.165) is 19.8 Å². The number of rotatable bonds is 4. The summed E-state index contributed by atoms with van der Waals surface area (Å²) < 4.78 is 5.45. The summed E-state index contributed by atoms with van der Waals surface area (Å²) in [5.41, 5.74) is 2.63. The molecule has 0 aromatic heterocycles. The molecule has 1 N–H and O–H groups in total. The predicted octanol–water partition coefficient (Wildman–Crippen LogP) is 2.86. The van der Waals surface area contributed by atoms with E-state index in [1.54, 1.807) is 0 Å². The van der Waals surface area contributed by atoms with E-state index in [0.29, 0.717) is 6.04 Å². The van der Waals surface area contributed by atoms with Crippen LogP contribution in [-0.2, 0) is 4.74 Å². The molecule has 2 heteroatoms. The minimum absolute atomic E-state index is 0.530. The Morgan fingerprint density at radius 1 is 1.41 bits per heavy atom. The third kappa shape index (κ3) is 4.33. The van der Waals surface area contributed by atoms with E-state index in [4.69, 9.17) is 4.74 Å². The van der Waals surface area contributed by atoms with Gasteiger partial charge in [-0.05, 0) is 25.3 Å². The molecule has 0 bridgehead atoms. The zero-order valence-corrected chi connectivity index (χ0v) is 10.5. The average molecular weight is 231 g/mol. The van der Waals surface area contributed by atoms with Gasteiger partial charge in [-0.1, -0.05) is 42.0 Å². The van der Waals surface area contributed by atoms with Crippen LogP contribution in [0.15, 0.2) is 35.9 Å². The first-order chi connectivity index (χ1) is 8.34. The van der Waals surface area contributed by atoms with Crippen molar-refractivity contribution in [1.29, 1.82) is 0 Å². The standard InChI is InChI=1S/C15H21NO/c1-13(10-14-6-3-2-4-7-14)11-16-15-8-5-9-17-12-15/h2-4,6-7,10,15-16H,5,8-9,11-12H2,1H3/b13-10-. The van der Waals surface area contributed by atoms with Crippen LogP contribution >= 0.6 is 0 Å². The highest BCUT2D eigenvalue weighted by molar-refractivity contribution is 5.52. The fourth-order valence-electron chi connectivity index (χ4n) is 2.09. The molecule has 1 aliphatic heterocycles. The minimum atomic E-state index is 0.530. The summed E-state index contributed by atoms with van der Waals surface area (Å²) in [6.07, 6.45) is 4.65. The highest BCUT2D eigenvalue weighted by Crippen LogP contribution is 2.08. The number of nitrogens with one attached hydrogen (secondary N) is 1. The third-order valence-corrected chi connectivity index (χ3v) is 3.04. The number of hydrogen-bond acceptors (Lipinski definition) is 2. The van der Waals surface area contributed by atoms with Gasteiger partial charge in [-0.2, -0.15) is 0 Å². The normalized spacial score (nSPS) is 21.5. The smallest absolute Gasteiger partial charge is 0.0619 e. The van der Waals surface area contributed by atoms with Gasteiger partial charge < -0.3 is 10.1 Å². The Hall–Kier alpha value is -1.12. The van der Waals surface area contributed by atoms with Crippen molar-refractivity contribution < 1.29 is 4.74 Å². The molecule has 0 aliphatic carbocycles. The molecular formula is C15H21NO. The molecule has 0 spiro atoms. The van der Waals surface area contributed by atoms with E-state index < -0.39 is 0 Å². The minimum Gasteiger partial charge on any atom is -0.380 e. The lowest BCUT2D eigenvalue weighted by Gasteiger charge is -2.23. The quantitative estimate of drug-likeness (QED) is 0.860. The van der Waals surface area contributed by atoms with Gasteiger partial charge in [0.05, 0.1) is 6.61 Å². The Bertz CT molecular complexity index is 352. The molecule has 0 saturated carbocycles. The Morgan fingerprint density at radius 3 is 2.94 bits per heavy atom. The van der Waals surface area contributed by atoms with Crippen molar-refractivity contribution in [3.05, 3.63) is 41.5 Å². The maximum absolute atomic E-state index is 5.45. The molecule has 2 nitrogen and oxygen atoms in total. The van der Waals surface area contributed by atoms with Gasteiger partial charge in [-0.15, -0.1) is 0 Å². The maximum Gasteiger partial charge on any atom is 0.0619 e. The second-order valence-corrected chi connectivity index (χ2v) is 4.70. The molecule has 1 aromatic rings. The van der Waals surface area contributed by atoms with Gasteiger partial charge in [0.15, 0.2) is 0 Å². The Balaban J connectivity index is 1.80. The molecule has 0 radical (unpaired) electrons. The van der Waals surface area contributed by atoms with Crippen molar-refractivity contribution in [2.75, 3.05) is 19.8 Å². The van der Waals surface area contributed by atoms with Crippen molar-refractivity contribution in [2.45, 2.75) is 25.8 Å². The van der Waals surface area contributed by atoms with Crippen LogP contribution in [0.4, 0.5) is 0 Å². The fourth-order valence-corrected chi connectivity index (χ4v) is 2.09. The van der Waals surface area contributed by atoms with Gasteiger partial charge in [0.25, 0.3) is 0 Å². The van der Waals surface area contributed by atoms with E-state index in [-0.39, 0.29) is 0 Å². The SMILES string of the molecule is C/C(=C/c1ccccc1)CNC1CCCOC1. The van der Waals surface area contributed by atoms with E-state index in [1.807, 2.05) is 6.07 Å². The molecule has 1 saturated heterocycles. The Morgan fingerprint density at radius 2 is 2.24 bits per heavy atom. The van der Waals surface area contributed by atoms with E-state index >= 15 is 0 Å². The predicted molar refractivity (Wildman–Crippen MR) is 71.9 cm³/mol. The van der Waals surface area contributed by atoms with Gasteiger partial charge >= 0.3 is 0 Å². The van der Waals surface area contributed by atoms with Crippen LogP contribution in [0.25, 0.3) is 6.08 Å². The summed E-state index contributed by atoms with van der Waals surface area (Å²) in [5, 5.41) is 3.55. The molecule has 1 atom stereocenters. The summed E-state index contributed by atoms with van der Waals surface area (Å²) in [6, 6.07) is 11.0. The van der Waals surface area contributed by atoms with Crippen LogP contribution in [-0.4, -0.2) is 25.8 Å². The van der Waals surface area contributed by atoms with Crippen molar-refractivity contribution in [1.82, 2.24) is 5.32 Å². The summed E-state index contributed by atoms with van der Waals surface area (Å²) in [4.78, 5) is 0. The van der Waals surface area contributed by atoms with Gasteiger partial charge in [0.2, 0.25) is 0 Å². The lowest BCUT2D eigenvalue weighted by Crippen LogP contribution is -2.37. The molecule has 1 aliphatic rings. The fraction of sp³-hybridized carbons (Fsp3) is 0.467. The molecule has 1 heterocycles. The van der Waals surface area contributed by atoms with Gasteiger partial charge in [-0.3, -0.25) is 0 Å². The van der Waals surface area contributed by atoms with Gasteiger partial charge in [-0.25, -0.2) is 0 Å². The number of benzene rings is 1. The largest absolute Gasteiger partial charge is 0.380 e. The molecule has 1 fully saturated rings. The lowest BCUT2D eigenvalue weighted by atomic mass is 10.1.